The Morgan fingerprint density at radius 2 is 1.73 bits per heavy atom. The predicted molar refractivity (Wildman–Crippen MR) is 127 cm³/mol. The Kier molecular flexibility index (Phi) is 6.67. The van der Waals surface area contributed by atoms with E-state index in [9.17, 15) is 18.0 Å². The number of rotatable bonds is 6. The molecule has 0 saturated carbocycles. The van der Waals surface area contributed by atoms with Crippen molar-refractivity contribution in [3.05, 3.63) is 95.0 Å². The van der Waals surface area contributed by atoms with E-state index in [1.807, 2.05) is 30.3 Å². The normalized spacial score (nSPS) is 14.0. The van der Waals surface area contributed by atoms with Crippen LogP contribution in [0.4, 0.5) is 5.69 Å². The third kappa shape index (κ3) is 5.02. The number of hydrogen-bond acceptors (Lipinski definition) is 4. The van der Waals surface area contributed by atoms with Crippen molar-refractivity contribution in [2.45, 2.75) is 11.4 Å². The second-order valence-corrected chi connectivity index (χ2v) is 9.82. The largest absolute Gasteiger partial charge is 0.353 e. The highest BCUT2D eigenvalue weighted by atomic mass is 35.5. The van der Waals surface area contributed by atoms with Crippen LogP contribution in [0.25, 0.3) is 0 Å². The number of amides is 2. The number of carbonyl (C=O) groups excluding carboxylic acids is 2. The topological polar surface area (TPSA) is 86.8 Å². The van der Waals surface area contributed by atoms with E-state index in [4.69, 9.17) is 11.6 Å². The molecule has 9 heteroatoms. The van der Waals surface area contributed by atoms with Gasteiger partial charge in [0.05, 0.1) is 28.7 Å². The third-order valence-electron chi connectivity index (χ3n) is 5.28. The smallest absolute Gasteiger partial charge is 0.264 e. The molecule has 0 radical (unpaired) electrons. The Labute approximate surface area is 197 Å². The molecule has 3 aromatic rings. The van der Waals surface area contributed by atoms with Crippen molar-refractivity contribution in [1.29, 1.82) is 0 Å². The van der Waals surface area contributed by atoms with Crippen molar-refractivity contribution in [2.75, 3.05) is 23.9 Å². The molecule has 0 aliphatic carbocycles. The van der Waals surface area contributed by atoms with Crippen LogP contribution in [0.15, 0.2) is 83.8 Å². The fourth-order valence-electron chi connectivity index (χ4n) is 3.61. The summed E-state index contributed by atoms with van der Waals surface area (Å²) in [6.07, 6.45) is 0. The number of para-hydroxylation sites is 1. The van der Waals surface area contributed by atoms with Gasteiger partial charge < -0.3 is 10.2 Å². The van der Waals surface area contributed by atoms with E-state index in [1.54, 1.807) is 30.3 Å². The van der Waals surface area contributed by atoms with Crippen LogP contribution in [-0.2, 0) is 21.4 Å². The maximum Gasteiger partial charge on any atom is 0.264 e. The number of nitrogens with one attached hydrogen (secondary N) is 1. The fourth-order valence-corrected chi connectivity index (χ4v) is 5.42. The van der Waals surface area contributed by atoms with Crippen LogP contribution in [0, 0.1) is 0 Å². The summed E-state index contributed by atoms with van der Waals surface area (Å²) in [5, 5.41) is 2.96. The minimum absolute atomic E-state index is 0.0364. The van der Waals surface area contributed by atoms with E-state index in [0.29, 0.717) is 23.8 Å². The first-order chi connectivity index (χ1) is 15.9. The molecule has 1 aliphatic heterocycles. The summed E-state index contributed by atoms with van der Waals surface area (Å²) < 4.78 is 28.8. The molecule has 1 aliphatic rings. The number of benzene rings is 3. The molecule has 3 aromatic carbocycles. The van der Waals surface area contributed by atoms with Gasteiger partial charge in [-0.05, 0) is 35.9 Å². The van der Waals surface area contributed by atoms with E-state index in [-0.39, 0.29) is 29.5 Å². The molecule has 0 aromatic heterocycles. The van der Waals surface area contributed by atoms with Crippen LogP contribution < -0.4 is 9.62 Å². The predicted octanol–water partition coefficient (Wildman–Crippen LogP) is 3.31. The number of sulfonamides is 1. The summed E-state index contributed by atoms with van der Waals surface area (Å²) in [7, 11) is -4.07. The molecule has 170 valence electrons. The molecule has 0 unspecified atom stereocenters. The molecule has 1 fully saturated rings. The van der Waals surface area contributed by atoms with Gasteiger partial charge in [0.15, 0.2) is 0 Å². The number of halogens is 1. The maximum absolute atomic E-state index is 13.8. The van der Waals surface area contributed by atoms with Crippen LogP contribution >= 0.6 is 11.6 Å². The summed E-state index contributed by atoms with van der Waals surface area (Å²) >= 11 is 6.37. The summed E-state index contributed by atoms with van der Waals surface area (Å²) in [5.41, 5.74) is 1.32. The molecule has 33 heavy (non-hydrogen) atoms. The fraction of sp³-hybridized carbons (Fsp3) is 0.167. The Morgan fingerprint density at radius 3 is 2.45 bits per heavy atom. The molecule has 4 rings (SSSR count). The molecule has 0 spiro atoms. The first-order valence-electron chi connectivity index (χ1n) is 10.3. The summed E-state index contributed by atoms with van der Waals surface area (Å²) in [6, 6.07) is 21.8. The van der Waals surface area contributed by atoms with Gasteiger partial charge in [0.2, 0.25) is 5.91 Å². The van der Waals surface area contributed by atoms with Gasteiger partial charge in [-0.3, -0.25) is 13.9 Å². The van der Waals surface area contributed by atoms with Crippen LogP contribution in [0.5, 0.6) is 0 Å². The Hall–Kier alpha value is -3.36. The molecular weight excluding hydrogens is 462 g/mol. The second kappa shape index (κ2) is 9.64. The first kappa shape index (κ1) is 22.8. The van der Waals surface area contributed by atoms with E-state index in [0.717, 1.165) is 5.56 Å². The summed E-state index contributed by atoms with van der Waals surface area (Å²) in [4.78, 5) is 26.0. The van der Waals surface area contributed by atoms with Crippen molar-refractivity contribution < 1.29 is 18.0 Å². The Balaban J connectivity index is 1.72. The third-order valence-corrected chi connectivity index (χ3v) is 7.36. The van der Waals surface area contributed by atoms with Crippen LogP contribution in [0.2, 0.25) is 5.02 Å². The number of nitrogens with zero attached hydrogens (tertiary/aromatic N) is 2. The van der Waals surface area contributed by atoms with Crippen molar-refractivity contribution in [2.24, 2.45) is 0 Å². The van der Waals surface area contributed by atoms with Crippen molar-refractivity contribution in [3.63, 3.8) is 0 Å². The number of hydrogen-bond donors (Lipinski definition) is 1. The lowest BCUT2D eigenvalue weighted by atomic mass is 10.2. The Bertz CT molecular complexity index is 1280. The lowest BCUT2D eigenvalue weighted by molar-refractivity contribution is -0.123. The number of carbonyl (C=O) groups is 2. The van der Waals surface area contributed by atoms with Gasteiger partial charge in [0.25, 0.3) is 15.9 Å². The summed E-state index contributed by atoms with van der Waals surface area (Å²) in [6.45, 7) is 0.730. The zero-order valence-corrected chi connectivity index (χ0v) is 19.2. The van der Waals surface area contributed by atoms with E-state index >= 15 is 0 Å². The Morgan fingerprint density at radius 1 is 1.00 bits per heavy atom. The zero-order valence-electron chi connectivity index (χ0n) is 17.6. The average molecular weight is 484 g/mol. The highest BCUT2D eigenvalue weighted by Gasteiger charge is 2.29. The molecule has 0 bridgehead atoms. The maximum atomic E-state index is 13.8. The van der Waals surface area contributed by atoms with Gasteiger partial charge in [-0.1, -0.05) is 60.1 Å². The average Bonchev–Trinajstić information content (AvgIpc) is 2.83. The van der Waals surface area contributed by atoms with Crippen LogP contribution in [0.3, 0.4) is 0 Å². The SMILES string of the molecule is O=C1CN(C(=O)c2cccc(S(=O)(=O)N(Cc3ccccc3)c3ccccc3Cl)c2)CCN1. The summed E-state index contributed by atoms with van der Waals surface area (Å²) in [5.74, 6) is -0.639. The monoisotopic (exact) mass is 483 g/mol. The van der Waals surface area contributed by atoms with Crippen LogP contribution in [-0.4, -0.2) is 44.8 Å². The van der Waals surface area contributed by atoms with Crippen molar-refractivity contribution in [1.82, 2.24) is 10.2 Å². The number of anilines is 1. The lowest BCUT2D eigenvalue weighted by Gasteiger charge is -2.27. The quantitative estimate of drug-likeness (QED) is 0.582. The van der Waals surface area contributed by atoms with E-state index < -0.39 is 15.9 Å². The molecule has 7 nitrogen and oxygen atoms in total. The van der Waals surface area contributed by atoms with Gasteiger partial charge in [-0.2, -0.15) is 0 Å². The second-order valence-electron chi connectivity index (χ2n) is 7.55. The zero-order chi connectivity index (χ0) is 23.4. The van der Waals surface area contributed by atoms with E-state index in [2.05, 4.69) is 5.32 Å². The molecule has 1 saturated heterocycles. The van der Waals surface area contributed by atoms with Crippen molar-refractivity contribution >= 4 is 39.1 Å². The highest BCUT2D eigenvalue weighted by Crippen LogP contribution is 2.32. The highest BCUT2D eigenvalue weighted by molar-refractivity contribution is 7.92. The van der Waals surface area contributed by atoms with Gasteiger partial charge in [0, 0.05) is 18.7 Å². The van der Waals surface area contributed by atoms with Crippen LogP contribution in [0.1, 0.15) is 15.9 Å². The molecule has 1 N–H and O–H groups in total. The molecule has 2 amide bonds. The standard InChI is InChI=1S/C24H22ClN3O4S/c25-21-11-4-5-12-22(21)28(16-18-7-2-1-3-8-18)33(31,32)20-10-6-9-19(15-20)24(30)27-14-13-26-23(29)17-27/h1-12,15H,13-14,16-17H2,(H,26,29). The number of piperazine rings is 1. The van der Waals surface area contributed by atoms with Crippen molar-refractivity contribution in [3.8, 4) is 0 Å². The van der Waals surface area contributed by atoms with Gasteiger partial charge >= 0.3 is 0 Å². The molecular formula is C24H22ClN3O4S. The lowest BCUT2D eigenvalue weighted by Crippen LogP contribution is -2.50. The van der Waals surface area contributed by atoms with E-state index in [1.165, 1.54) is 27.4 Å². The van der Waals surface area contributed by atoms with Gasteiger partial charge in [-0.25, -0.2) is 8.42 Å². The molecule has 1 heterocycles. The molecule has 0 atom stereocenters. The minimum atomic E-state index is -4.07. The minimum Gasteiger partial charge on any atom is -0.353 e. The first-order valence-corrected chi connectivity index (χ1v) is 12.2. The van der Waals surface area contributed by atoms with Gasteiger partial charge in [-0.15, -0.1) is 0 Å². The van der Waals surface area contributed by atoms with Gasteiger partial charge in [0.1, 0.15) is 0 Å².